The Morgan fingerprint density at radius 2 is 1.95 bits per heavy atom. The average molecular weight is 340 g/mol. The number of nitrogens with zero attached hydrogens (tertiary/aromatic N) is 2. The van der Waals surface area contributed by atoms with Crippen molar-refractivity contribution in [3.63, 3.8) is 0 Å². The molecule has 1 aromatic carbocycles. The lowest BCUT2D eigenvalue weighted by atomic mass is 10.1. The molecule has 19 heavy (non-hydrogen) atoms. The highest BCUT2D eigenvalue weighted by molar-refractivity contribution is 9.08. The maximum absolute atomic E-state index is 6.06. The van der Waals surface area contributed by atoms with Gasteiger partial charge < -0.3 is 4.90 Å². The molecule has 0 unspecified atom stereocenters. The maximum Gasteiger partial charge on any atom is 0.0430 e. The molecule has 0 atom stereocenters. The molecular weight excluding hydrogens is 324 g/mol. The predicted molar refractivity (Wildman–Crippen MR) is 85.0 cm³/mol. The van der Waals surface area contributed by atoms with Crippen molar-refractivity contribution in [3.05, 3.63) is 58.9 Å². The van der Waals surface area contributed by atoms with Crippen molar-refractivity contribution in [1.29, 1.82) is 0 Å². The van der Waals surface area contributed by atoms with Crippen molar-refractivity contribution in [2.75, 3.05) is 11.4 Å². The second kappa shape index (κ2) is 6.92. The molecule has 0 amide bonds. The summed E-state index contributed by atoms with van der Waals surface area (Å²) in [5.41, 5.74) is 3.69. The highest BCUT2D eigenvalue weighted by Gasteiger charge is 2.10. The Bertz CT molecular complexity index is 531. The molecule has 0 radical (unpaired) electrons. The molecule has 0 bridgehead atoms. The van der Waals surface area contributed by atoms with Gasteiger partial charge in [-0.3, -0.25) is 4.98 Å². The normalized spacial score (nSPS) is 10.5. The van der Waals surface area contributed by atoms with Gasteiger partial charge in [-0.05, 0) is 48.4 Å². The zero-order valence-corrected chi connectivity index (χ0v) is 13.2. The second-order valence-electron chi connectivity index (χ2n) is 4.28. The second-order valence-corrected chi connectivity index (χ2v) is 5.27. The number of pyridine rings is 1. The summed E-state index contributed by atoms with van der Waals surface area (Å²) in [6, 6.07) is 10.1. The van der Waals surface area contributed by atoms with E-state index < -0.39 is 0 Å². The van der Waals surface area contributed by atoms with E-state index in [9.17, 15) is 0 Å². The van der Waals surface area contributed by atoms with Crippen LogP contribution in [0, 0.1) is 0 Å². The molecule has 0 saturated heterocycles. The topological polar surface area (TPSA) is 16.1 Å². The molecule has 0 aliphatic heterocycles. The third-order valence-corrected chi connectivity index (χ3v) is 3.87. The first-order valence-corrected chi connectivity index (χ1v) is 7.72. The van der Waals surface area contributed by atoms with Gasteiger partial charge in [0.1, 0.15) is 0 Å². The number of halogens is 2. The van der Waals surface area contributed by atoms with Crippen molar-refractivity contribution < 1.29 is 0 Å². The molecule has 4 heteroatoms. The van der Waals surface area contributed by atoms with E-state index in [0.717, 1.165) is 23.4 Å². The van der Waals surface area contributed by atoms with Crippen molar-refractivity contribution in [2.45, 2.75) is 18.8 Å². The Balaban J connectivity index is 2.27. The van der Waals surface area contributed by atoms with Gasteiger partial charge in [0.25, 0.3) is 0 Å². The number of rotatable bonds is 5. The van der Waals surface area contributed by atoms with Gasteiger partial charge in [-0.15, -0.1) is 0 Å². The minimum Gasteiger partial charge on any atom is -0.367 e. The fraction of sp³-hybridized carbons (Fsp3) is 0.267. The van der Waals surface area contributed by atoms with E-state index in [0.29, 0.717) is 0 Å². The van der Waals surface area contributed by atoms with Crippen LogP contribution in [-0.4, -0.2) is 11.5 Å². The Morgan fingerprint density at radius 3 is 2.58 bits per heavy atom. The molecule has 0 saturated carbocycles. The van der Waals surface area contributed by atoms with Crippen LogP contribution in [0.4, 0.5) is 5.69 Å². The van der Waals surface area contributed by atoms with Crippen molar-refractivity contribution in [1.82, 2.24) is 4.98 Å². The number of hydrogen-bond donors (Lipinski definition) is 0. The van der Waals surface area contributed by atoms with Gasteiger partial charge in [-0.2, -0.15) is 0 Å². The Hall–Kier alpha value is -1.06. The summed E-state index contributed by atoms with van der Waals surface area (Å²) < 4.78 is 0. The van der Waals surface area contributed by atoms with Gasteiger partial charge in [0.05, 0.1) is 0 Å². The number of anilines is 1. The van der Waals surface area contributed by atoms with Crippen LogP contribution < -0.4 is 4.90 Å². The molecule has 2 rings (SSSR count). The fourth-order valence-corrected chi connectivity index (χ4v) is 2.69. The minimum atomic E-state index is 0.776. The van der Waals surface area contributed by atoms with Crippen LogP contribution in [0.5, 0.6) is 0 Å². The van der Waals surface area contributed by atoms with Crippen LogP contribution >= 0.6 is 27.5 Å². The van der Waals surface area contributed by atoms with Gasteiger partial charge in [0.2, 0.25) is 0 Å². The number of benzene rings is 1. The molecule has 1 aromatic heterocycles. The predicted octanol–water partition coefficient (Wildman–Crippen LogP) is 4.66. The number of hydrogen-bond acceptors (Lipinski definition) is 2. The van der Waals surface area contributed by atoms with E-state index >= 15 is 0 Å². The summed E-state index contributed by atoms with van der Waals surface area (Å²) in [6.07, 6.45) is 3.66. The van der Waals surface area contributed by atoms with Gasteiger partial charge in [0, 0.05) is 41.5 Å². The minimum absolute atomic E-state index is 0.776. The Kier molecular flexibility index (Phi) is 5.23. The van der Waals surface area contributed by atoms with E-state index in [1.54, 1.807) is 0 Å². The van der Waals surface area contributed by atoms with Crippen molar-refractivity contribution in [3.8, 4) is 0 Å². The summed E-state index contributed by atoms with van der Waals surface area (Å²) in [6.45, 7) is 3.98. The Morgan fingerprint density at radius 1 is 1.21 bits per heavy atom. The third-order valence-electron chi connectivity index (χ3n) is 3.03. The lowest BCUT2D eigenvalue weighted by Crippen LogP contribution is -2.23. The van der Waals surface area contributed by atoms with E-state index in [1.165, 1.54) is 16.8 Å². The van der Waals surface area contributed by atoms with E-state index in [2.05, 4.69) is 38.8 Å². The highest BCUT2D eigenvalue weighted by Crippen LogP contribution is 2.27. The first-order valence-electron chi connectivity index (χ1n) is 6.22. The van der Waals surface area contributed by atoms with Crippen molar-refractivity contribution in [2.24, 2.45) is 0 Å². The first-order chi connectivity index (χ1) is 9.24. The maximum atomic E-state index is 6.06. The molecule has 0 spiro atoms. The van der Waals surface area contributed by atoms with Crippen LogP contribution in [-0.2, 0) is 11.9 Å². The lowest BCUT2D eigenvalue weighted by Gasteiger charge is -2.25. The molecule has 2 nitrogen and oxygen atoms in total. The van der Waals surface area contributed by atoms with E-state index in [1.807, 2.05) is 36.7 Å². The van der Waals surface area contributed by atoms with Crippen LogP contribution in [0.2, 0.25) is 5.02 Å². The summed E-state index contributed by atoms with van der Waals surface area (Å²) in [4.78, 5) is 6.39. The van der Waals surface area contributed by atoms with Gasteiger partial charge >= 0.3 is 0 Å². The van der Waals surface area contributed by atoms with Gasteiger partial charge in [-0.1, -0.05) is 27.5 Å². The molecule has 0 aliphatic rings. The number of aromatic nitrogens is 1. The molecule has 2 aromatic rings. The molecule has 0 fully saturated rings. The lowest BCUT2D eigenvalue weighted by molar-refractivity contribution is 0.826. The van der Waals surface area contributed by atoms with Crippen LogP contribution in [0.3, 0.4) is 0 Å². The molecule has 100 valence electrons. The fourth-order valence-electron chi connectivity index (χ4n) is 2.05. The van der Waals surface area contributed by atoms with Gasteiger partial charge in [-0.25, -0.2) is 0 Å². The van der Waals surface area contributed by atoms with Crippen molar-refractivity contribution >= 4 is 33.2 Å². The summed E-state index contributed by atoms with van der Waals surface area (Å²) in [7, 11) is 0. The van der Waals surface area contributed by atoms with E-state index in [-0.39, 0.29) is 0 Å². The van der Waals surface area contributed by atoms with Crippen LogP contribution in [0.25, 0.3) is 0 Å². The third kappa shape index (κ3) is 3.71. The molecular formula is C15H16BrClN2. The summed E-state index contributed by atoms with van der Waals surface area (Å²) in [5.74, 6) is 0. The zero-order valence-electron chi connectivity index (χ0n) is 10.8. The van der Waals surface area contributed by atoms with E-state index in [4.69, 9.17) is 11.6 Å². The van der Waals surface area contributed by atoms with Crippen LogP contribution in [0.1, 0.15) is 18.1 Å². The monoisotopic (exact) mass is 338 g/mol. The summed E-state index contributed by atoms with van der Waals surface area (Å²) in [5, 5.41) is 1.58. The standard InChI is InChI=1S/C15H16BrClN2/c1-2-19(11-12-5-7-18-8-6-12)15-4-3-14(17)9-13(15)10-16/h3-9H,2,10-11H2,1H3. The average Bonchev–Trinajstić information content (AvgIpc) is 2.46. The zero-order chi connectivity index (χ0) is 13.7. The SMILES string of the molecule is CCN(Cc1ccncc1)c1ccc(Cl)cc1CBr. The molecule has 0 aliphatic carbocycles. The highest BCUT2D eigenvalue weighted by atomic mass is 79.9. The Labute approximate surface area is 127 Å². The quantitative estimate of drug-likeness (QED) is 0.737. The first kappa shape index (κ1) is 14.4. The molecule has 1 heterocycles. The van der Waals surface area contributed by atoms with Gasteiger partial charge in [0.15, 0.2) is 0 Å². The smallest absolute Gasteiger partial charge is 0.0430 e. The largest absolute Gasteiger partial charge is 0.367 e. The number of alkyl halides is 1. The summed E-state index contributed by atoms with van der Waals surface area (Å²) >= 11 is 9.59. The van der Waals surface area contributed by atoms with Crippen LogP contribution in [0.15, 0.2) is 42.7 Å². The molecule has 0 N–H and O–H groups in total.